The van der Waals surface area contributed by atoms with Crippen LogP contribution in [0.25, 0.3) is 16.9 Å². The maximum atomic E-state index is 13.1. The minimum absolute atomic E-state index is 0.0120. The lowest BCUT2D eigenvalue weighted by atomic mass is 10.0. The second-order valence-electron chi connectivity index (χ2n) is 8.74. The van der Waals surface area contributed by atoms with Crippen molar-refractivity contribution in [2.24, 2.45) is 5.16 Å². The number of benzene rings is 3. The summed E-state index contributed by atoms with van der Waals surface area (Å²) in [6.45, 7) is 1.88. The number of amidine groups is 1. The number of carbonyl (C=O) groups is 1. The van der Waals surface area contributed by atoms with Crippen LogP contribution in [-0.2, 0) is 12.6 Å². The molecule has 1 amide bonds. The first kappa shape index (κ1) is 28.4. The smallest absolute Gasteiger partial charge is 0.409 e. The van der Waals surface area contributed by atoms with Crippen LogP contribution in [0.2, 0.25) is 0 Å². The summed E-state index contributed by atoms with van der Waals surface area (Å²) in [7, 11) is 0. The number of thioether (sulfide) groups is 1. The van der Waals surface area contributed by atoms with Crippen molar-refractivity contribution in [2.45, 2.75) is 24.4 Å². The molecule has 0 atom stereocenters. The van der Waals surface area contributed by atoms with Crippen LogP contribution in [0.1, 0.15) is 27.0 Å². The molecule has 0 aliphatic heterocycles. The van der Waals surface area contributed by atoms with E-state index in [0.29, 0.717) is 11.3 Å². The van der Waals surface area contributed by atoms with Crippen LogP contribution in [0.3, 0.4) is 0 Å². The minimum atomic E-state index is -4.57. The van der Waals surface area contributed by atoms with E-state index < -0.39 is 35.3 Å². The molecule has 0 spiro atoms. The number of alkyl halides is 3. The van der Waals surface area contributed by atoms with Crippen LogP contribution in [0.4, 0.5) is 13.2 Å². The normalized spacial score (nSPS) is 11.9. The summed E-state index contributed by atoms with van der Waals surface area (Å²) >= 11 is 1.52. The van der Waals surface area contributed by atoms with Crippen molar-refractivity contribution >= 4 is 23.5 Å². The Morgan fingerprint density at radius 3 is 2.17 bits per heavy atom. The third kappa shape index (κ3) is 6.18. The van der Waals surface area contributed by atoms with Gasteiger partial charge in [-0.1, -0.05) is 35.0 Å². The Labute approximate surface area is 230 Å². The molecule has 4 rings (SSSR count). The number of amides is 1. The van der Waals surface area contributed by atoms with E-state index >= 15 is 0 Å². The van der Waals surface area contributed by atoms with Gasteiger partial charge in [0, 0.05) is 22.4 Å². The Balaban J connectivity index is 1.77. The molecule has 206 valence electrons. The molecule has 0 aliphatic rings. The third-order valence-electron chi connectivity index (χ3n) is 6.06. The van der Waals surface area contributed by atoms with E-state index in [4.69, 9.17) is 0 Å². The van der Waals surface area contributed by atoms with Crippen molar-refractivity contribution in [3.63, 3.8) is 0 Å². The fourth-order valence-electron chi connectivity index (χ4n) is 4.01. The van der Waals surface area contributed by atoms with Crippen LogP contribution in [0, 0.1) is 6.92 Å². The number of aromatic amines is 1. The van der Waals surface area contributed by atoms with Gasteiger partial charge in [0.05, 0.1) is 16.9 Å². The van der Waals surface area contributed by atoms with E-state index in [1.165, 1.54) is 16.3 Å². The largest absolute Gasteiger partial charge is 0.416 e. The van der Waals surface area contributed by atoms with Crippen LogP contribution < -0.4 is 16.6 Å². The molecule has 0 saturated heterocycles. The molecule has 0 aliphatic carbocycles. The van der Waals surface area contributed by atoms with Gasteiger partial charge in [0.25, 0.3) is 11.5 Å². The van der Waals surface area contributed by atoms with Crippen molar-refractivity contribution < 1.29 is 23.2 Å². The first-order valence-corrected chi connectivity index (χ1v) is 13.0. The lowest BCUT2D eigenvalue weighted by Crippen LogP contribution is -2.37. The number of rotatable bonds is 6. The summed E-state index contributed by atoms with van der Waals surface area (Å²) in [5, 5.41) is 15.1. The summed E-state index contributed by atoms with van der Waals surface area (Å²) in [4.78, 5) is 42.1. The average molecular weight is 569 g/mol. The highest BCUT2D eigenvalue weighted by atomic mass is 32.2. The average Bonchev–Trinajstić information content (AvgIpc) is 2.94. The molecule has 0 bridgehead atoms. The van der Waals surface area contributed by atoms with Crippen molar-refractivity contribution in [3.05, 3.63) is 116 Å². The third-order valence-corrected chi connectivity index (χ3v) is 6.80. The van der Waals surface area contributed by atoms with Crippen LogP contribution in [0.15, 0.2) is 92.4 Å². The number of halogens is 3. The van der Waals surface area contributed by atoms with Crippen molar-refractivity contribution in [2.75, 3.05) is 6.26 Å². The van der Waals surface area contributed by atoms with Crippen LogP contribution in [0.5, 0.6) is 0 Å². The topological polar surface area (TPSA) is 117 Å². The first-order valence-electron chi connectivity index (χ1n) is 11.8. The molecule has 40 heavy (non-hydrogen) atoms. The minimum Gasteiger partial charge on any atom is -0.409 e. The summed E-state index contributed by atoms with van der Waals surface area (Å²) in [6.07, 6.45) is -3.07. The van der Waals surface area contributed by atoms with Gasteiger partial charge < -0.3 is 10.5 Å². The molecule has 0 saturated carbocycles. The van der Waals surface area contributed by atoms with Crippen LogP contribution >= 0.6 is 11.8 Å². The quantitative estimate of drug-likeness (QED) is 0.0995. The van der Waals surface area contributed by atoms with Gasteiger partial charge in [-0.25, -0.2) is 4.79 Å². The molecule has 8 nitrogen and oxygen atoms in total. The predicted molar refractivity (Wildman–Crippen MR) is 146 cm³/mol. The zero-order valence-electron chi connectivity index (χ0n) is 21.2. The number of carbonyl (C=O) groups excluding carboxylic acids is 1. The summed E-state index contributed by atoms with van der Waals surface area (Å²) < 4.78 is 39.9. The first-order chi connectivity index (χ1) is 19.0. The molecule has 0 radical (unpaired) electrons. The fourth-order valence-corrected chi connectivity index (χ4v) is 4.42. The maximum Gasteiger partial charge on any atom is 0.416 e. The van der Waals surface area contributed by atoms with Gasteiger partial charge in [-0.05, 0) is 67.3 Å². The van der Waals surface area contributed by atoms with E-state index in [1.807, 2.05) is 25.3 Å². The number of hydrogen-bond donors (Lipinski definition) is 3. The fraction of sp³-hybridized carbons (Fsp3) is 0.143. The SMILES string of the molecule is CSc1ccc(-n2c(-c3ccc(C)cc3)c(C/C(=N/O)NC(=O)c3ccc(C(F)(F)F)cc3)c(=O)[nH]c2=O)cc1. The monoisotopic (exact) mass is 568 g/mol. The standard InChI is InChI=1S/C28H23F3N4O4S/c1-16-3-5-17(6-4-16)24-22(26(37)33-27(38)35(24)20-11-13-21(40-2)14-12-20)15-23(34-39)32-25(36)18-7-9-19(10-8-18)28(29,30)31/h3-14,39H,15H2,1-2H3,(H,32,34,36)(H,33,37,38). The van der Waals surface area contributed by atoms with Crippen LogP contribution in [-0.4, -0.2) is 32.8 Å². The second-order valence-corrected chi connectivity index (χ2v) is 9.62. The maximum absolute atomic E-state index is 13.1. The Morgan fingerprint density at radius 2 is 1.62 bits per heavy atom. The summed E-state index contributed by atoms with van der Waals surface area (Å²) in [5.74, 6) is -1.21. The molecule has 1 aromatic heterocycles. The number of hydrogen-bond acceptors (Lipinski definition) is 6. The van der Waals surface area contributed by atoms with Gasteiger partial charge >= 0.3 is 11.9 Å². The van der Waals surface area contributed by atoms with Crippen molar-refractivity contribution in [1.82, 2.24) is 14.9 Å². The lowest BCUT2D eigenvalue weighted by molar-refractivity contribution is -0.137. The lowest BCUT2D eigenvalue weighted by Gasteiger charge is -2.18. The molecule has 12 heteroatoms. The number of nitrogens with zero attached hydrogens (tertiary/aromatic N) is 2. The molecule has 3 N–H and O–H groups in total. The number of H-pyrrole nitrogens is 1. The molecular weight excluding hydrogens is 545 g/mol. The zero-order valence-corrected chi connectivity index (χ0v) is 22.1. The Bertz CT molecular complexity index is 1680. The molecule has 0 unspecified atom stereocenters. The number of aryl methyl sites for hydroxylation is 1. The highest BCUT2D eigenvalue weighted by molar-refractivity contribution is 7.98. The van der Waals surface area contributed by atoms with E-state index in [9.17, 15) is 32.8 Å². The van der Waals surface area contributed by atoms with Crippen molar-refractivity contribution in [3.8, 4) is 16.9 Å². The zero-order chi connectivity index (χ0) is 29.0. The van der Waals surface area contributed by atoms with E-state index in [2.05, 4.69) is 15.5 Å². The predicted octanol–water partition coefficient (Wildman–Crippen LogP) is 5.00. The molecule has 0 fully saturated rings. The van der Waals surface area contributed by atoms with Gasteiger partial charge in [-0.3, -0.25) is 19.1 Å². The number of aromatic nitrogens is 2. The Hall–Kier alpha value is -4.58. The van der Waals surface area contributed by atoms with E-state index in [1.54, 1.807) is 36.4 Å². The summed E-state index contributed by atoms with van der Waals surface area (Å²) in [6, 6.07) is 17.6. The van der Waals surface area contributed by atoms with E-state index in [-0.39, 0.29) is 22.7 Å². The Morgan fingerprint density at radius 1 is 1.00 bits per heavy atom. The molecular formula is C28H23F3N4O4S. The van der Waals surface area contributed by atoms with Gasteiger partial charge in [0.2, 0.25) is 0 Å². The van der Waals surface area contributed by atoms with E-state index in [0.717, 1.165) is 34.7 Å². The molecule has 1 heterocycles. The van der Waals surface area contributed by atoms with Gasteiger partial charge in [-0.2, -0.15) is 13.2 Å². The highest BCUT2D eigenvalue weighted by Gasteiger charge is 2.30. The van der Waals surface area contributed by atoms with Gasteiger partial charge in [-0.15, -0.1) is 11.8 Å². The number of oxime groups is 1. The number of nitrogens with one attached hydrogen (secondary N) is 2. The van der Waals surface area contributed by atoms with Crippen molar-refractivity contribution in [1.29, 1.82) is 0 Å². The van der Waals surface area contributed by atoms with Gasteiger partial charge in [0.15, 0.2) is 5.84 Å². The second kappa shape index (κ2) is 11.7. The molecule has 3 aromatic carbocycles. The Kier molecular flexibility index (Phi) is 8.29. The molecule has 4 aromatic rings. The van der Waals surface area contributed by atoms with Gasteiger partial charge in [0.1, 0.15) is 0 Å². The summed E-state index contributed by atoms with van der Waals surface area (Å²) in [5.41, 5.74) is -0.359. The highest BCUT2D eigenvalue weighted by Crippen LogP contribution is 2.29.